The molecule has 3 aromatic heterocycles. The minimum absolute atomic E-state index is 0.195. The quantitative estimate of drug-likeness (QED) is 0.0420. The van der Waals surface area contributed by atoms with Gasteiger partial charge in [-0.3, -0.25) is 0 Å². The minimum atomic E-state index is -0.715. The van der Waals surface area contributed by atoms with Crippen molar-refractivity contribution in [3.8, 4) is 67.5 Å². The molecule has 0 radical (unpaired) electrons. The van der Waals surface area contributed by atoms with E-state index >= 15 is 0 Å². The molecule has 0 bridgehead atoms. The van der Waals surface area contributed by atoms with Crippen LogP contribution in [0.5, 0.6) is 0 Å². The van der Waals surface area contributed by atoms with E-state index in [1.54, 1.807) is 27.2 Å². The van der Waals surface area contributed by atoms with E-state index in [9.17, 15) is 27.8 Å². The van der Waals surface area contributed by atoms with Crippen LogP contribution in [0.15, 0.2) is 90.0 Å². The van der Waals surface area contributed by atoms with Gasteiger partial charge in [-0.05, 0) is 297 Å². The highest BCUT2D eigenvalue weighted by atomic mass is 19.1. The van der Waals surface area contributed by atoms with Gasteiger partial charge in [-0.25, -0.2) is 17.6 Å². The van der Waals surface area contributed by atoms with E-state index in [4.69, 9.17) is 20.6 Å². The van der Waals surface area contributed by atoms with Crippen molar-refractivity contribution in [1.29, 1.82) is 0 Å². The number of halogens is 4. The average molecular weight is 1320 g/mol. The maximum absolute atomic E-state index is 14.4. The third kappa shape index (κ3) is 12.9. The number of nitrogens with two attached hydrogens (primary N) is 1. The molecule has 7 aromatic carbocycles. The lowest BCUT2D eigenvalue weighted by molar-refractivity contribution is 0.00578. The number of benzene rings is 7. The minimum Gasteiger partial charge on any atom is -0.399 e. The van der Waals surface area contributed by atoms with Gasteiger partial charge in [0, 0.05) is 49.9 Å². The van der Waals surface area contributed by atoms with E-state index in [-0.39, 0.29) is 29.3 Å². The Morgan fingerprint density at radius 1 is 0.495 bits per heavy atom. The smallest absolute Gasteiger partial charge is 0.399 e. The van der Waals surface area contributed by atoms with Gasteiger partial charge < -0.3 is 25.3 Å². The summed E-state index contributed by atoms with van der Waals surface area (Å²) in [5.41, 5.74) is 36.3. The van der Waals surface area contributed by atoms with Crippen LogP contribution in [0.3, 0.4) is 0 Å². The van der Waals surface area contributed by atoms with Gasteiger partial charge in [0.05, 0.1) is 50.6 Å². The monoisotopic (exact) mass is 1320 g/mol. The summed E-state index contributed by atoms with van der Waals surface area (Å²) < 4.78 is 68.7. The maximum Gasteiger partial charge on any atom is 0.495 e. The normalized spacial score (nSPS) is 18.2. The van der Waals surface area contributed by atoms with E-state index in [0.29, 0.717) is 78.3 Å². The van der Waals surface area contributed by atoms with Crippen molar-refractivity contribution in [3.63, 3.8) is 0 Å². The Morgan fingerprint density at radius 3 is 1.22 bits per heavy atom. The first kappa shape index (κ1) is 67.6. The number of aryl methyl sites for hydroxylation is 9. The van der Waals surface area contributed by atoms with Crippen LogP contribution in [0, 0.1) is 64.8 Å². The van der Waals surface area contributed by atoms with Gasteiger partial charge in [0.25, 0.3) is 0 Å². The SMILES string of the molecule is CC1(C)OB(c2ccc(F)c3c2CC[C@@H]3O)OC1(C)C.Cc1cc(-c2nnn(C)n2)cc(C)c1-c1ccc(F)c2c1CC[C@@H]2O.Cc1cc(-c2nnn(C)n2)cc(C)c1-c1ccc(F)c2c1CC[C@H]2N.Cc1cc(-c2nnn(C)n2)cc(C)c1-c1ccc(F)c2c1CC[C@H]2N=[N+]=[N-]. The third-order valence-corrected chi connectivity index (χ3v) is 19.7. The molecule has 5 aliphatic rings. The zero-order valence-corrected chi connectivity index (χ0v) is 56.6. The summed E-state index contributed by atoms with van der Waals surface area (Å²) in [7, 11) is 4.71. The van der Waals surface area contributed by atoms with E-state index in [0.717, 1.165) is 124 Å². The standard InChI is InChI=1S/C19H18FN7.C19H20FN5.C19H19FN4O.C15H20BFO3/c1-10-8-12(19-23-26-27(3)24-19)9-11(2)17(10)13-4-6-15(20)18-14(13)5-7-16(18)22-25-21;1-10-8-12(19-22-24-25(3)23-19)9-11(2)17(10)13-4-6-15(20)18-14(13)5-7-16(18)21;1-10-8-12(19-21-23-24(3)22-19)9-11(2)17(10)13-4-6-15(20)18-14(13)5-7-16(18)25;1-14(2)15(3,4)20-16(19-14)10-6-7-11(17)13-9(10)5-8-12(13)18/h4,6,8-9,16H,5,7H2,1-3H3;4,6,8-9,16H,5,7,21H2,1-3H3;4,6,8-9,16,25H,5,7H2,1-3H3;6-7,12,18H,5,8H2,1-4H3/t3*16-;12-/m1100/s1. The first-order chi connectivity index (χ1) is 46.1. The highest BCUT2D eigenvalue weighted by Crippen LogP contribution is 2.47. The molecular weight excluding hydrogens is 1240 g/mol. The molecule has 97 heavy (non-hydrogen) atoms. The van der Waals surface area contributed by atoms with Gasteiger partial charge in [0.2, 0.25) is 17.5 Å². The van der Waals surface area contributed by atoms with Crippen molar-refractivity contribution in [3.05, 3.63) is 197 Å². The summed E-state index contributed by atoms with van der Waals surface area (Å²) in [5, 5.41) is 60.5. The second-order valence-electron chi connectivity index (χ2n) is 26.9. The molecule has 4 heterocycles. The summed E-state index contributed by atoms with van der Waals surface area (Å²) in [4.78, 5) is 7.19. The lowest BCUT2D eigenvalue weighted by Crippen LogP contribution is -2.41. The van der Waals surface area contributed by atoms with Crippen molar-refractivity contribution in [2.75, 3.05) is 0 Å². The Kier molecular flexibility index (Phi) is 18.5. The molecule has 20 nitrogen and oxygen atoms in total. The Balaban J connectivity index is 0.000000124. The zero-order chi connectivity index (χ0) is 69.3. The second kappa shape index (κ2) is 26.6. The van der Waals surface area contributed by atoms with Crippen LogP contribution in [0.4, 0.5) is 17.6 Å². The highest BCUT2D eigenvalue weighted by molar-refractivity contribution is 6.62. The molecular formula is C72H77BF4N16O4. The molecule has 4 N–H and O–H groups in total. The number of aliphatic hydroxyl groups excluding tert-OH is 2. The lowest BCUT2D eigenvalue weighted by atomic mass is 9.75. The van der Waals surface area contributed by atoms with Gasteiger partial charge in [0.15, 0.2) is 0 Å². The molecule has 0 amide bonds. The van der Waals surface area contributed by atoms with Crippen molar-refractivity contribution in [2.24, 2.45) is 32.0 Å². The van der Waals surface area contributed by atoms with E-state index in [1.807, 2.05) is 97.9 Å². The van der Waals surface area contributed by atoms with Crippen LogP contribution in [0.25, 0.3) is 78.0 Å². The molecule has 1 fully saturated rings. The fourth-order valence-electron chi connectivity index (χ4n) is 14.7. The van der Waals surface area contributed by atoms with Crippen LogP contribution >= 0.6 is 0 Å². The molecule has 15 rings (SSSR count). The predicted molar refractivity (Wildman–Crippen MR) is 361 cm³/mol. The molecule has 0 spiro atoms. The van der Waals surface area contributed by atoms with Crippen LogP contribution in [0.2, 0.25) is 0 Å². The fourth-order valence-corrected chi connectivity index (χ4v) is 14.7. The topological polar surface area (TPSA) is 264 Å². The van der Waals surface area contributed by atoms with E-state index in [2.05, 4.69) is 82.2 Å². The van der Waals surface area contributed by atoms with E-state index in [1.165, 1.54) is 38.7 Å². The summed E-state index contributed by atoms with van der Waals surface area (Å²) in [6.45, 7) is 20.2. The molecule has 1 saturated heterocycles. The molecule has 1 aliphatic heterocycles. The lowest BCUT2D eigenvalue weighted by Gasteiger charge is -2.32. The fraction of sp³-hybridized carbons (Fsp3) is 0.375. The van der Waals surface area contributed by atoms with Gasteiger partial charge in [-0.15, -0.1) is 30.6 Å². The number of aromatic nitrogens is 12. The van der Waals surface area contributed by atoms with Crippen LogP contribution in [-0.4, -0.2) is 89.2 Å². The van der Waals surface area contributed by atoms with Crippen molar-refractivity contribution >= 4 is 12.6 Å². The summed E-state index contributed by atoms with van der Waals surface area (Å²) in [6, 6.07) is 24.7. The van der Waals surface area contributed by atoms with Gasteiger partial charge in [-0.1, -0.05) is 29.4 Å². The summed E-state index contributed by atoms with van der Waals surface area (Å²) in [6.07, 6.45) is 3.99. The predicted octanol–water partition coefficient (Wildman–Crippen LogP) is 13.2. The number of nitrogens with zero attached hydrogens (tertiary/aromatic N) is 15. The Hall–Kier alpha value is -9.36. The molecule has 25 heteroatoms. The zero-order valence-electron chi connectivity index (χ0n) is 56.6. The molecule has 4 atom stereocenters. The molecule has 0 saturated carbocycles. The highest BCUT2D eigenvalue weighted by Gasteiger charge is 2.53. The van der Waals surface area contributed by atoms with Gasteiger partial charge in [0.1, 0.15) is 23.3 Å². The summed E-state index contributed by atoms with van der Waals surface area (Å²) in [5.74, 6) is 0.595. The Morgan fingerprint density at radius 2 is 0.825 bits per heavy atom. The van der Waals surface area contributed by atoms with Crippen molar-refractivity contribution in [1.82, 2.24) is 60.6 Å². The Labute approximate surface area is 560 Å². The molecule has 10 aromatic rings. The van der Waals surface area contributed by atoms with Gasteiger partial charge >= 0.3 is 7.12 Å². The number of rotatable bonds is 8. The number of hydrogen-bond donors (Lipinski definition) is 3. The molecule has 500 valence electrons. The Bertz CT molecular complexity index is 4550. The maximum atomic E-state index is 14.4. The number of fused-ring (bicyclic) bond motifs is 4. The first-order valence-electron chi connectivity index (χ1n) is 32.5. The largest absolute Gasteiger partial charge is 0.495 e. The number of hydrogen-bond acceptors (Lipinski definition) is 15. The van der Waals surface area contributed by atoms with Crippen LogP contribution < -0.4 is 11.2 Å². The average Bonchev–Trinajstić information content (AvgIpc) is 1.69. The number of aliphatic hydroxyl groups is 2. The summed E-state index contributed by atoms with van der Waals surface area (Å²) >= 11 is 0. The van der Waals surface area contributed by atoms with Crippen LogP contribution in [-0.2, 0) is 56.1 Å². The van der Waals surface area contributed by atoms with Crippen molar-refractivity contribution in [2.45, 2.75) is 156 Å². The second-order valence-corrected chi connectivity index (χ2v) is 26.9. The van der Waals surface area contributed by atoms with E-state index < -0.39 is 36.6 Å². The molecule has 0 unspecified atom stereocenters. The number of tetrazole rings is 3. The first-order valence-corrected chi connectivity index (χ1v) is 32.5. The van der Waals surface area contributed by atoms with Crippen LogP contribution in [0.1, 0.15) is 156 Å². The van der Waals surface area contributed by atoms with Gasteiger partial charge in [-0.2, -0.15) is 14.4 Å². The third-order valence-electron chi connectivity index (χ3n) is 19.7. The van der Waals surface area contributed by atoms with Crippen molar-refractivity contribution < 1.29 is 37.1 Å². The number of azide groups is 1. The molecule has 4 aliphatic carbocycles.